The third-order valence-corrected chi connectivity index (χ3v) is 26.8. The number of fused-ring (bicyclic) bond motifs is 6. The Morgan fingerprint density at radius 1 is 0.404 bits per heavy atom. The Balaban J connectivity index is 0.000000135. The number of hydrogen-bond donors (Lipinski definition) is 6. The number of aromatic nitrogens is 24. The van der Waals surface area contributed by atoms with Gasteiger partial charge in [-0.05, 0) is 143 Å². The van der Waals surface area contributed by atoms with E-state index in [2.05, 4.69) is 105 Å². The first-order chi connectivity index (χ1) is 68.2. The van der Waals surface area contributed by atoms with Gasteiger partial charge in [0.1, 0.15) is 53.9 Å². The molecule has 1 saturated heterocycles. The van der Waals surface area contributed by atoms with E-state index in [-0.39, 0.29) is 62.1 Å². The number of thioether (sulfide) groups is 6. The highest BCUT2D eigenvalue weighted by Gasteiger charge is 2.26. The lowest BCUT2D eigenvalue weighted by atomic mass is 10.1. The summed E-state index contributed by atoms with van der Waals surface area (Å²) in [6.45, 7) is 11.3. The van der Waals surface area contributed by atoms with Crippen LogP contribution in [0.2, 0.25) is 15.1 Å². The van der Waals surface area contributed by atoms with Crippen molar-refractivity contribution in [2.24, 2.45) is 0 Å². The van der Waals surface area contributed by atoms with Crippen LogP contribution in [0.3, 0.4) is 0 Å². The zero-order valence-corrected chi connectivity index (χ0v) is 83.1. The molecule has 18 aromatic rings. The van der Waals surface area contributed by atoms with Gasteiger partial charge in [-0.2, -0.15) is 35.9 Å². The summed E-state index contributed by atoms with van der Waals surface area (Å²) in [7, 11) is 3.98. The van der Waals surface area contributed by atoms with Crippen molar-refractivity contribution in [1.29, 1.82) is 5.26 Å². The summed E-state index contributed by atoms with van der Waals surface area (Å²) in [4.78, 5) is 166. The number of esters is 3. The minimum absolute atomic E-state index is 0.143. The number of hydrogen-bond acceptors (Lipinski definition) is 34. The number of rotatable bonds is 26. The molecular formula is C92H85Cl3N26O14S6. The average molecular weight is 2080 g/mol. The molecule has 0 aliphatic carbocycles. The molecule has 19 rings (SSSR count). The minimum atomic E-state index is -0.498. The fourth-order valence-corrected chi connectivity index (χ4v) is 18.4. The molecule has 0 spiro atoms. The summed E-state index contributed by atoms with van der Waals surface area (Å²) in [6.07, 6.45) is 12.6. The van der Waals surface area contributed by atoms with Crippen LogP contribution in [0.1, 0.15) is 47.0 Å². The Morgan fingerprint density at radius 2 is 0.716 bits per heavy atom. The second-order valence-corrected chi connectivity index (χ2v) is 38.2. The van der Waals surface area contributed by atoms with Crippen molar-refractivity contribution in [1.82, 2.24) is 123 Å². The van der Waals surface area contributed by atoms with E-state index in [4.69, 9.17) is 49.5 Å². The fraction of sp³-hybridized carbons (Fsp3) is 0.228. The quantitative estimate of drug-likeness (QED) is 0.0127. The van der Waals surface area contributed by atoms with Crippen LogP contribution in [-0.4, -0.2) is 234 Å². The summed E-state index contributed by atoms with van der Waals surface area (Å²) in [5.74, 6) is -0.747. The number of morpholine rings is 1. The lowest BCUT2D eigenvalue weighted by Gasteiger charge is -2.26. The molecule has 12 aromatic heterocycles. The van der Waals surface area contributed by atoms with E-state index in [0.29, 0.717) is 131 Å². The first-order valence-electron chi connectivity index (χ1n) is 42.8. The van der Waals surface area contributed by atoms with Gasteiger partial charge in [-0.25, -0.2) is 58.0 Å². The monoisotopic (exact) mass is 2070 g/mol. The number of H-pyrrole nitrogens is 6. The van der Waals surface area contributed by atoms with Crippen molar-refractivity contribution < 1.29 is 38.1 Å². The molecule has 1 aliphatic heterocycles. The average Bonchev–Trinajstić information content (AvgIpc) is 1.65. The van der Waals surface area contributed by atoms with Gasteiger partial charge in [-0.15, -0.1) is 0 Å². The lowest BCUT2D eigenvalue weighted by molar-refractivity contribution is -0.140. The highest BCUT2D eigenvalue weighted by molar-refractivity contribution is 8.01. The maximum atomic E-state index is 12.6. The number of ether oxygens (including phenoxy) is 4. The van der Waals surface area contributed by atoms with Gasteiger partial charge in [0, 0.05) is 34.6 Å². The van der Waals surface area contributed by atoms with Gasteiger partial charge < -0.3 is 48.9 Å². The number of carbonyl (C=O) groups excluding carboxylic acids is 4. The summed E-state index contributed by atoms with van der Waals surface area (Å²) < 4.78 is 29.0. The molecule has 6 N–H and O–H groups in total. The Bertz CT molecular complexity index is 7940. The summed E-state index contributed by atoms with van der Waals surface area (Å²) >= 11 is 25.2. The van der Waals surface area contributed by atoms with Gasteiger partial charge in [-0.3, -0.25) is 52.8 Å². The standard InChI is InChI=1S/C21H24ClN5O3S.C16H16N4O3S.C15H13ClN4O3S.C15H14N4O3S.C13H9N5OS.C12H9ClN4OS/c1-14(18(28)6-3-7-26-8-10-30-11-9-26)31-21-24-19-17(20(29)25-21)13-23-27(19)16-5-2-4-15(22)12-16;1-3-12(15(22)23-2)24-16-18-13-11(14(21)19-16)9-17-20(13)10-7-5-4-6-8-10;1-8(14(22)23-2)24-15-18-12-11(13(21)19-15)7-17-20(12)10-5-3-9(16)4-6-10;1-9(14(21)22-2)23-15-17-12-11(13(20)18-15)8-16-19(12)10-6-4-3-5-7-10;14-6-7-20-13-16-11-10(12(19)17-13)8-15-18(11)9-4-2-1-3-5-9;1-19-12-15-10-9(11(18)16-12)6-14-17(10)8-4-2-3-7(13)5-8/h2,4-5,12-14H,3,6-11H2,1H3,(H,24,25,29);4-9,12H,3H2,1-2H3,(H,18,19,21);3-8H,1-2H3,(H,18,19,21);3-9H,1-2H3,(H,17,18,20);1-5,8H,7H2,(H,16,17,19);2-6H,1H3,(H,15,16,18). The van der Waals surface area contributed by atoms with Crippen molar-refractivity contribution in [3.8, 4) is 40.2 Å². The molecule has 40 nitrogen and oxygen atoms in total. The maximum absolute atomic E-state index is 12.6. The normalized spacial score (nSPS) is 12.7. The molecule has 0 saturated carbocycles. The van der Waals surface area contributed by atoms with Gasteiger partial charge >= 0.3 is 17.9 Å². The van der Waals surface area contributed by atoms with E-state index in [9.17, 15) is 47.9 Å². The number of ketones is 1. The minimum Gasteiger partial charge on any atom is -0.468 e. The number of nitriles is 1. The van der Waals surface area contributed by atoms with Gasteiger partial charge in [0.15, 0.2) is 64.8 Å². The number of para-hydroxylation sites is 3. The lowest BCUT2D eigenvalue weighted by Crippen LogP contribution is -2.37. The fourth-order valence-electron chi connectivity index (χ4n) is 13.6. The second kappa shape index (κ2) is 48.6. The molecule has 4 atom stereocenters. The van der Waals surface area contributed by atoms with Crippen LogP contribution in [0.15, 0.2) is 261 Å². The Hall–Kier alpha value is -14.1. The van der Waals surface area contributed by atoms with Crippen molar-refractivity contribution in [2.45, 2.75) is 98.9 Å². The Labute approximate surface area is 839 Å². The largest absolute Gasteiger partial charge is 0.468 e. The first-order valence-corrected chi connectivity index (χ1v) is 49.7. The Kier molecular flexibility index (Phi) is 35.5. The van der Waals surface area contributed by atoms with Crippen LogP contribution >= 0.6 is 105 Å². The zero-order chi connectivity index (χ0) is 99.9. The Morgan fingerprint density at radius 3 is 1.06 bits per heavy atom. The molecule has 6 aromatic carbocycles. The molecule has 0 amide bonds. The topological polar surface area (TPSA) is 514 Å². The van der Waals surface area contributed by atoms with Crippen molar-refractivity contribution in [3.63, 3.8) is 0 Å². The third kappa shape index (κ3) is 25.8. The summed E-state index contributed by atoms with van der Waals surface area (Å²) in [5.41, 5.74) is 5.76. The third-order valence-electron chi connectivity index (χ3n) is 20.6. The number of nitrogens with zero attached hydrogens (tertiary/aromatic N) is 20. The van der Waals surface area contributed by atoms with E-state index in [1.54, 1.807) is 90.5 Å². The molecule has 49 heteroatoms. The molecule has 1 aliphatic rings. The summed E-state index contributed by atoms with van der Waals surface area (Å²) in [6, 6.07) is 51.7. The number of nitrogens with one attached hydrogen (secondary N) is 6. The number of aromatic amines is 6. The zero-order valence-electron chi connectivity index (χ0n) is 76.0. The second-order valence-electron chi connectivity index (χ2n) is 30.0. The number of halogens is 3. The van der Waals surface area contributed by atoms with Gasteiger partial charge in [0.05, 0.1) is 123 Å². The van der Waals surface area contributed by atoms with Crippen molar-refractivity contribution in [2.75, 3.05) is 66.2 Å². The molecule has 0 bridgehead atoms. The van der Waals surface area contributed by atoms with Gasteiger partial charge in [0.25, 0.3) is 33.4 Å². The van der Waals surface area contributed by atoms with E-state index in [1.165, 1.54) is 106 Å². The molecule has 0 radical (unpaired) electrons. The number of benzene rings is 6. The van der Waals surface area contributed by atoms with Crippen molar-refractivity contribution >= 4 is 195 Å². The molecule has 4 unspecified atom stereocenters. The van der Waals surface area contributed by atoms with Crippen LogP contribution in [0, 0.1) is 11.3 Å². The number of carbonyl (C=O) groups is 4. The number of Topliss-reactive ketones (excluding diaryl/α,β-unsaturated/α-hetero) is 1. The highest BCUT2D eigenvalue weighted by atomic mass is 35.5. The van der Waals surface area contributed by atoms with E-state index in [0.717, 1.165) is 91.2 Å². The van der Waals surface area contributed by atoms with E-state index >= 15 is 0 Å². The van der Waals surface area contributed by atoms with Crippen LogP contribution in [0.5, 0.6) is 0 Å². The predicted molar refractivity (Wildman–Crippen MR) is 544 cm³/mol. The highest BCUT2D eigenvalue weighted by Crippen LogP contribution is 2.31. The van der Waals surface area contributed by atoms with E-state index < -0.39 is 21.7 Å². The molecule has 13 heterocycles. The van der Waals surface area contributed by atoms with Crippen LogP contribution in [-0.2, 0) is 38.1 Å². The SMILES string of the molecule is CC(Sc1nc2c(cnn2-c2cccc(Cl)c2)c(=O)[nH]1)C(=O)CCCN1CCOCC1.CCC(Sc1nc2c(cnn2-c2ccccc2)c(=O)[nH]1)C(=O)OC.COC(=O)C(C)Sc1nc2c(cnn2-c2ccc(Cl)cc2)c(=O)[nH]1.COC(=O)C(C)Sc1nc2c(cnn2-c2ccccc2)c(=O)[nH]1.CSc1nc2c(cnn2-c2cccc(Cl)c2)c(=O)[nH]1.N#CCSc1nc2c(cnn2-c2ccccc2)c(=O)[nH]1. The van der Waals surface area contributed by atoms with Crippen LogP contribution in [0.4, 0.5) is 0 Å². The van der Waals surface area contributed by atoms with Gasteiger partial charge in [0.2, 0.25) is 0 Å². The molecular weight excluding hydrogens is 1990 g/mol. The summed E-state index contributed by atoms with van der Waals surface area (Å²) in [5, 5.41) is 38.9. The van der Waals surface area contributed by atoms with Crippen molar-refractivity contribution in [3.05, 3.63) is 278 Å². The van der Waals surface area contributed by atoms with Gasteiger partial charge in [-0.1, -0.05) is 179 Å². The first kappa shape index (κ1) is 103. The van der Waals surface area contributed by atoms with E-state index in [1.807, 2.05) is 141 Å². The molecule has 141 heavy (non-hydrogen) atoms. The predicted octanol–water partition coefficient (Wildman–Crippen LogP) is 13.5. The molecule has 724 valence electrons. The smallest absolute Gasteiger partial charge is 0.319 e. The van der Waals surface area contributed by atoms with Crippen LogP contribution in [0.25, 0.3) is 100 Å². The number of methoxy groups -OCH3 is 3. The molecule has 1 fully saturated rings. The maximum Gasteiger partial charge on any atom is 0.319 e. The van der Waals surface area contributed by atoms with Crippen LogP contribution < -0.4 is 33.4 Å².